The van der Waals surface area contributed by atoms with Crippen LogP contribution in [0.2, 0.25) is 20.1 Å². The fourth-order valence-electron chi connectivity index (χ4n) is 9.83. The second-order valence-corrected chi connectivity index (χ2v) is 38.2. The van der Waals surface area contributed by atoms with Gasteiger partial charge in [0.25, 0.3) is 0 Å². The number of phenolic OH excluding ortho intramolecular Hbond substituents is 1. The van der Waals surface area contributed by atoms with Crippen molar-refractivity contribution in [3.63, 3.8) is 0 Å². The van der Waals surface area contributed by atoms with E-state index in [1.165, 1.54) is 44.6 Å². The van der Waals surface area contributed by atoms with Crippen LogP contribution in [0.5, 0.6) is 34.5 Å². The lowest BCUT2D eigenvalue weighted by Crippen LogP contribution is -2.25. The number of alkyl halides is 2. The highest BCUT2D eigenvalue weighted by Gasteiger charge is 2.29. The molecule has 0 spiro atoms. The Balaban J connectivity index is 0.000000783. The second kappa shape index (κ2) is 56.6. The molecule has 6 aromatic carbocycles. The van der Waals surface area contributed by atoms with E-state index >= 15 is 0 Å². The van der Waals surface area contributed by atoms with E-state index in [9.17, 15) is 60.3 Å². The van der Waals surface area contributed by atoms with E-state index in [0.29, 0.717) is 141 Å². The van der Waals surface area contributed by atoms with Gasteiger partial charge < -0.3 is 77.7 Å². The van der Waals surface area contributed by atoms with Gasteiger partial charge in [-0.15, -0.1) is 0 Å². The number of aromatic hydroxyl groups is 1. The van der Waals surface area contributed by atoms with Crippen LogP contribution in [0.15, 0.2) is 119 Å². The third-order valence-corrected chi connectivity index (χ3v) is 19.4. The molecule has 0 aliphatic rings. The van der Waals surface area contributed by atoms with Crippen LogP contribution in [0.25, 0.3) is 0 Å². The monoisotopic (exact) mass is 1980 g/mol. The summed E-state index contributed by atoms with van der Waals surface area (Å²) in [5.41, 5.74) is 6.55. The Bertz CT molecular complexity index is 4640. The SMILES string of the molecule is CC(C)(C)OC(=O)CCCBr.CCOC(=O)C(Br)c1ccc(Cl)cc1OCCCC(=O)OC(C)(C)C.CCOC(=O)C(Nc1cc(OC)cc(S(C)(=O)=O)c1)c1ccc(Cl)cc1OCCCC(=O)OC(C)(C)C.CCOC(=O)Cc1ccc(Cl)cc1O.CCOC(=O)Cc1ccc(Cl)cc1OCCCC(=O)OC(C)(C)C.COc1cc(N)cc(S(C)(=O)=O)c1. The Morgan fingerprint density at radius 2 is 0.782 bits per heavy atom. The van der Waals surface area contributed by atoms with Gasteiger partial charge in [0.05, 0.1) is 83.1 Å². The molecule has 0 heterocycles. The van der Waals surface area contributed by atoms with Crippen molar-refractivity contribution in [2.75, 3.05) is 89.4 Å². The van der Waals surface area contributed by atoms with Crippen molar-refractivity contribution >= 4 is 157 Å². The maximum absolute atomic E-state index is 13.0. The normalized spacial score (nSPS) is 11.6. The number of sulfone groups is 2. The van der Waals surface area contributed by atoms with Crippen molar-refractivity contribution in [2.45, 2.75) is 218 Å². The number of anilines is 2. The molecule has 2 atom stereocenters. The highest BCUT2D eigenvalue weighted by Crippen LogP contribution is 2.37. The third-order valence-electron chi connectivity index (χ3n) is 14.9. The van der Waals surface area contributed by atoms with Gasteiger partial charge in [-0.2, -0.15) is 0 Å². The molecule has 36 heteroatoms. The number of benzene rings is 6. The molecular formula is C88H120Br2Cl4N2O26S2. The van der Waals surface area contributed by atoms with Gasteiger partial charge >= 0.3 is 47.8 Å². The number of hydrogen-bond acceptors (Lipinski definition) is 28. The molecule has 0 radical (unpaired) electrons. The molecule has 124 heavy (non-hydrogen) atoms. The van der Waals surface area contributed by atoms with Gasteiger partial charge in [-0.1, -0.05) is 103 Å². The van der Waals surface area contributed by atoms with E-state index in [-0.39, 0.29) is 102 Å². The molecule has 0 aromatic heterocycles. The topological polar surface area (TPSA) is 383 Å². The molecule has 4 N–H and O–H groups in total. The first-order valence-corrected chi connectivity index (χ1v) is 46.7. The van der Waals surface area contributed by atoms with Crippen LogP contribution in [0.4, 0.5) is 11.4 Å². The average molecular weight is 1990 g/mol. The molecule has 0 fully saturated rings. The Morgan fingerprint density at radius 3 is 1.18 bits per heavy atom. The Labute approximate surface area is 766 Å². The predicted octanol–water partition coefficient (Wildman–Crippen LogP) is 19.1. The Morgan fingerprint density at radius 1 is 0.435 bits per heavy atom. The van der Waals surface area contributed by atoms with E-state index < -0.39 is 59.3 Å². The lowest BCUT2D eigenvalue weighted by molar-refractivity contribution is -0.156. The van der Waals surface area contributed by atoms with Crippen molar-refractivity contribution in [1.82, 2.24) is 0 Å². The minimum atomic E-state index is -3.55. The van der Waals surface area contributed by atoms with Gasteiger partial charge in [0.1, 0.15) is 61.7 Å². The molecule has 0 amide bonds. The summed E-state index contributed by atoms with van der Waals surface area (Å²) >= 11 is 30.4. The van der Waals surface area contributed by atoms with Gasteiger partial charge in [-0.25, -0.2) is 21.6 Å². The summed E-state index contributed by atoms with van der Waals surface area (Å²) in [6.07, 6.45) is 5.80. The number of hydrogen-bond donors (Lipinski definition) is 3. The number of carbonyl (C=O) groups is 8. The van der Waals surface area contributed by atoms with Crippen LogP contribution in [0, 0.1) is 0 Å². The number of nitrogens with one attached hydrogen (secondary N) is 1. The van der Waals surface area contributed by atoms with Gasteiger partial charge in [-0.05, 0) is 209 Å². The number of carbonyl (C=O) groups excluding carboxylic acids is 8. The van der Waals surface area contributed by atoms with Crippen LogP contribution in [-0.4, -0.2) is 170 Å². The van der Waals surface area contributed by atoms with Crippen molar-refractivity contribution in [3.8, 4) is 34.5 Å². The van der Waals surface area contributed by atoms with Crippen molar-refractivity contribution < 1.29 is 122 Å². The number of rotatable bonds is 36. The van der Waals surface area contributed by atoms with Crippen LogP contribution in [0.1, 0.15) is 195 Å². The Kier molecular flexibility index (Phi) is 51.8. The number of nitrogens with two attached hydrogens (primary N) is 1. The zero-order valence-electron chi connectivity index (χ0n) is 74.1. The minimum Gasteiger partial charge on any atom is -0.508 e. The van der Waals surface area contributed by atoms with E-state index in [2.05, 4.69) is 37.2 Å². The first-order chi connectivity index (χ1) is 57.6. The van der Waals surface area contributed by atoms with Crippen molar-refractivity contribution in [1.29, 1.82) is 0 Å². The highest BCUT2D eigenvalue weighted by molar-refractivity contribution is 9.09. The summed E-state index contributed by atoms with van der Waals surface area (Å²) in [6.45, 7) is 30.8. The van der Waals surface area contributed by atoms with Gasteiger partial charge in [-0.3, -0.25) is 33.6 Å². The highest BCUT2D eigenvalue weighted by atomic mass is 79.9. The van der Waals surface area contributed by atoms with Crippen molar-refractivity contribution in [2.24, 2.45) is 0 Å². The van der Waals surface area contributed by atoms with E-state index in [1.54, 1.807) is 127 Å². The number of phenols is 1. The molecule has 0 aliphatic carbocycles. The van der Waals surface area contributed by atoms with Crippen LogP contribution in [0.3, 0.4) is 0 Å². The molecule has 692 valence electrons. The first kappa shape index (κ1) is 114. The summed E-state index contributed by atoms with van der Waals surface area (Å²) in [5, 5.41) is 15.2. The van der Waals surface area contributed by atoms with E-state index in [1.807, 2.05) is 62.3 Å². The van der Waals surface area contributed by atoms with Crippen LogP contribution in [-0.2, 0) is 109 Å². The van der Waals surface area contributed by atoms with E-state index in [0.717, 1.165) is 24.3 Å². The first-order valence-electron chi connectivity index (χ1n) is 39.4. The smallest absolute Gasteiger partial charge is 0.333 e. The molecule has 6 rings (SSSR count). The second-order valence-electron chi connectivity index (χ2n) is 30.7. The minimum absolute atomic E-state index is 0.0190. The number of ether oxygens (including phenoxy) is 13. The average Bonchev–Trinajstić information content (AvgIpc) is 0.824. The fourth-order valence-corrected chi connectivity index (χ4v) is 12.6. The lowest BCUT2D eigenvalue weighted by atomic mass is 10.0. The summed E-state index contributed by atoms with van der Waals surface area (Å²) in [4.78, 5) is 93.5. The standard InChI is InChI=1S/C26H34ClNO8S.C18H24BrClO5.C18H25ClO5.C10H11ClO3.C8H15BrO2.C8H11NO3S/c1-7-34-25(30)24(28-18-14-19(33-5)16-20(15-18)37(6,31)32)21-11-10-17(27)13-22(21)35-12-8-9-23(29)36-26(2,3)4;1-5-23-17(22)16(19)13-9-8-12(20)11-14(13)24-10-6-7-15(21)25-18(2,3)4;1-5-22-17(21)11-13-8-9-14(19)12-15(13)23-10-6-7-16(20)24-18(2,3)4;1-2-14-10(13)5-7-3-4-8(11)6-9(7)12;1-8(2,3)11-7(10)5-4-6-9;1-12-7-3-6(9)4-8(5-7)13(2,10)11/h10-11,13-16,24,28H,7-9,12H2,1-6H3;8-9,11,16H,5-7,10H2,1-4H3;8-9,12H,5-7,10-11H2,1-4H3;3-4,6,12H,2,5H2,1H3;4-6H2,1-3H3;3-5H,9H2,1-2H3. The summed E-state index contributed by atoms with van der Waals surface area (Å²) in [7, 11) is -3.90. The van der Waals surface area contributed by atoms with Crippen LogP contribution >= 0.6 is 78.3 Å². The molecule has 6 aromatic rings. The fraction of sp³-hybridized carbons (Fsp3) is 0.500. The lowest BCUT2D eigenvalue weighted by Gasteiger charge is -2.22. The predicted molar refractivity (Wildman–Crippen MR) is 487 cm³/mol. The maximum Gasteiger partial charge on any atom is 0.333 e. The van der Waals surface area contributed by atoms with Gasteiger partial charge in [0, 0.05) is 109 Å². The summed E-state index contributed by atoms with van der Waals surface area (Å²) in [6, 6.07) is 27.2. The molecule has 0 aliphatic heterocycles. The number of halogens is 6. The van der Waals surface area contributed by atoms with E-state index in [4.69, 9.17) is 114 Å². The molecule has 0 bridgehead atoms. The molecule has 28 nitrogen and oxygen atoms in total. The van der Waals surface area contributed by atoms with Crippen molar-refractivity contribution in [3.05, 3.63) is 152 Å². The molecule has 2 unspecified atom stereocenters. The largest absolute Gasteiger partial charge is 0.508 e. The van der Waals surface area contributed by atoms with Crippen LogP contribution < -0.4 is 34.7 Å². The zero-order chi connectivity index (χ0) is 94.5. The summed E-state index contributed by atoms with van der Waals surface area (Å²) < 4.78 is 115. The van der Waals surface area contributed by atoms with Gasteiger partial charge in [0.15, 0.2) is 25.7 Å². The van der Waals surface area contributed by atoms with Gasteiger partial charge in [0.2, 0.25) is 0 Å². The maximum atomic E-state index is 13.0. The number of methoxy groups -OCH3 is 2. The molecule has 0 saturated carbocycles. The molecule has 0 saturated heterocycles. The number of esters is 8. The molecular weight excluding hydrogens is 1870 g/mol. The third kappa shape index (κ3) is 50.6. The summed E-state index contributed by atoms with van der Waals surface area (Å²) in [5.74, 6) is -0.589. The quantitative estimate of drug-likeness (QED) is 0.0108. The zero-order valence-corrected chi connectivity index (χ0v) is 81.9. The number of nitrogen functional groups attached to an aromatic ring is 1. The Hall–Kier alpha value is -8.50.